The van der Waals surface area contributed by atoms with Gasteiger partial charge in [-0.25, -0.2) is 8.42 Å². The summed E-state index contributed by atoms with van der Waals surface area (Å²) in [5.74, 6) is 0. The van der Waals surface area contributed by atoms with Gasteiger partial charge in [-0.2, -0.15) is 0 Å². The molecule has 0 bridgehead atoms. The summed E-state index contributed by atoms with van der Waals surface area (Å²) in [7, 11) is -3.16. The first-order chi connectivity index (χ1) is 8.05. The molecule has 0 unspecified atom stereocenters. The first-order valence-electron chi connectivity index (χ1n) is 6.14. The number of hydrogen-bond donors (Lipinski definition) is 1. The number of fused-ring (bicyclic) bond motifs is 1. The highest BCUT2D eigenvalue weighted by atomic mass is 32.2. The quantitative estimate of drug-likeness (QED) is 0.770. The molecule has 1 saturated carbocycles. The van der Waals surface area contributed by atoms with Crippen LogP contribution in [0.5, 0.6) is 0 Å². The SMILES string of the molecule is Cc1ccc2c(c1)NCC1(CCCC1)S2(=O)=O. The molecule has 1 aliphatic carbocycles. The highest BCUT2D eigenvalue weighted by molar-refractivity contribution is 7.93. The standard InChI is InChI=1S/C13H17NO2S/c1-10-4-5-12-11(8-10)14-9-13(17(12,15)16)6-2-3-7-13/h4-5,8,14H,2-3,6-7,9H2,1H3. The number of benzene rings is 1. The largest absolute Gasteiger partial charge is 0.382 e. The smallest absolute Gasteiger partial charge is 0.187 e. The zero-order chi connectivity index (χ0) is 12.1. The van der Waals surface area contributed by atoms with Gasteiger partial charge in [-0.3, -0.25) is 0 Å². The van der Waals surface area contributed by atoms with Gasteiger partial charge in [0.25, 0.3) is 0 Å². The lowest BCUT2D eigenvalue weighted by atomic mass is 10.1. The number of nitrogens with one attached hydrogen (secondary N) is 1. The van der Waals surface area contributed by atoms with E-state index in [0.29, 0.717) is 11.4 Å². The van der Waals surface area contributed by atoms with Crippen LogP contribution in [0.2, 0.25) is 0 Å². The summed E-state index contributed by atoms with van der Waals surface area (Å²) in [5.41, 5.74) is 1.87. The first kappa shape index (κ1) is 11.1. The van der Waals surface area contributed by atoms with E-state index in [-0.39, 0.29) is 0 Å². The van der Waals surface area contributed by atoms with Crippen molar-refractivity contribution in [3.05, 3.63) is 23.8 Å². The minimum Gasteiger partial charge on any atom is -0.382 e. The van der Waals surface area contributed by atoms with Crippen molar-refractivity contribution in [3.8, 4) is 0 Å². The molecule has 1 aliphatic heterocycles. The maximum atomic E-state index is 12.7. The lowest BCUT2D eigenvalue weighted by Crippen LogP contribution is -2.45. The zero-order valence-electron chi connectivity index (χ0n) is 9.99. The second-order valence-electron chi connectivity index (χ2n) is 5.25. The van der Waals surface area contributed by atoms with E-state index in [0.717, 1.165) is 36.9 Å². The van der Waals surface area contributed by atoms with E-state index in [1.54, 1.807) is 6.07 Å². The van der Waals surface area contributed by atoms with E-state index in [9.17, 15) is 8.42 Å². The number of hydrogen-bond acceptors (Lipinski definition) is 3. The summed E-state index contributed by atoms with van der Waals surface area (Å²) >= 11 is 0. The van der Waals surface area contributed by atoms with Crippen LogP contribution in [0.25, 0.3) is 0 Å². The number of aryl methyl sites for hydroxylation is 1. The fraction of sp³-hybridized carbons (Fsp3) is 0.538. The maximum absolute atomic E-state index is 12.7. The number of sulfone groups is 1. The van der Waals surface area contributed by atoms with Crippen LogP contribution >= 0.6 is 0 Å². The molecule has 4 heteroatoms. The fourth-order valence-electron chi connectivity index (χ4n) is 3.07. The number of rotatable bonds is 0. The molecule has 0 aromatic heterocycles. The summed E-state index contributed by atoms with van der Waals surface area (Å²) in [6, 6.07) is 5.56. The van der Waals surface area contributed by atoms with Crippen LogP contribution in [-0.4, -0.2) is 19.7 Å². The van der Waals surface area contributed by atoms with E-state index < -0.39 is 14.6 Å². The first-order valence-corrected chi connectivity index (χ1v) is 7.63. The summed E-state index contributed by atoms with van der Waals surface area (Å²) in [5, 5.41) is 3.31. The second kappa shape index (κ2) is 3.48. The molecule has 0 amide bonds. The van der Waals surface area contributed by atoms with Crippen molar-refractivity contribution in [2.45, 2.75) is 42.2 Å². The molecule has 1 heterocycles. The van der Waals surface area contributed by atoms with E-state index in [4.69, 9.17) is 0 Å². The van der Waals surface area contributed by atoms with Crippen molar-refractivity contribution < 1.29 is 8.42 Å². The molecule has 17 heavy (non-hydrogen) atoms. The Hall–Kier alpha value is -1.03. The van der Waals surface area contributed by atoms with Gasteiger partial charge in [-0.15, -0.1) is 0 Å². The van der Waals surface area contributed by atoms with Gasteiger partial charge in [-0.05, 0) is 37.5 Å². The molecule has 2 aliphatic rings. The molecule has 0 atom stereocenters. The minimum atomic E-state index is -3.16. The number of anilines is 1. The van der Waals surface area contributed by atoms with Crippen LogP contribution in [0, 0.1) is 6.92 Å². The van der Waals surface area contributed by atoms with Gasteiger partial charge in [0.15, 0.2) is 9.84 Å². The van der Waals surface area contributed by atoms with Gasteiger partial charge >= 0.3 is 0 Å². The van der Waals surface area contributed by atoms with Gasteiger partial charge < -0.3 is 5.32 Å². The maximum Gasteiger partial charge on any atom is 0.187 e. The Morgan fingerprint density at radius 2 is 1.94 bits per heavy atom. The van der Waals surface area contributed by atoms with Crippen LogP contribution in [0.4, 0.5) is 5.69 Å². The Balaban J connectivity index is 2.18. The summed E-state index contributed by atoms with van der Waals surface area (Å²) in [4.78, 5) is 0.497. The molecule has 1 spiro atoms. The van der Waals surface area contributed by atoms with Crippen LogP contribution in [-0.2, 0) is 9.84 Å². The molecular formula is C13H17NO2S. The lowest BCUT2D eigenvalue weighted by molar-refractivity contribution is 0.516. The van der Waals surface area contributed by atoms with Gasteiger partial charge in [0, 0.05) is 6.54 Å². The Labute approximate surface area is 102 Å². The fourth-order valence-corrected chi connectivity index (χ4v) is 5.29. The molecule has 3 nitrogen and oxygen atoms in total. The third-order valence-corrected chi connectivity index (χ3v) is 6.74. The van der Waals surface area contributed by atoms with Crippen LogP contribution in [0.15, 0.2) is 23.1 Å². The van der Waals surface area contributed by atoms with Gasteiger partial charge in [0.05, 0.1) is 15.3 Å². The molecule has 1 aromatic carbocycles. The van der Waals surface area contributed by atoms with E-state index in [1.807, 2.05) is 19.1 Å². The van der Waals surface area contributed by atoms with Crippen molar-refractivity contribution >= 4 is 15.5 Å². The molecule has 1 aromatic rings. The van der Waals surface area contributed by atoms with Gasteiger partial charge in [0.2, 0.25) is 0 Å². The predicted octanol–water partition coefficient (Wildman–Crippen LogP) is 2.51. The van der Waals surface area contributed by atoms with Crippen molar-refractivity contribution in [3.63, 3.8) is 0 Å². The lowest BCUT2D eigenvalue weighted by Gasteiger charge is -2.35. The molecule has 1 fully saturated rings. The Morgan fingerprint density at radius 3 is 2.65 bits per heavy atom. The average Bonchev–Trinajstić information content (AvgIpc) is 2.74. The van der Waals surface area contributed by atoms with E-state index in [2.05, 4.69) is 5.32 Å². The average molecular weight is 251 g/mol. The van der Waals surface area contributed by atoms with Crippen LogP contribution in [0.1, 0.15) is 31.2 Å². The molecule has 92 valence electrons. The van der Waals surface area contributed by atoms with Crippen molar-refractivity contribution in [1.29, 1.82) is 0 Å². The molecule has 0 radical (unpaired) electrons. The van der Waals surface area contributed by atoms with Crippen LogP contribution < -0.4 is 5.32 Å². The minimum absolute atomic E-state index is 0.497. The monoisotopic (exact) mass is 251 g/mol. The highest BCUT2D eigenvalue weighted by Gasteiger charge is 2.49. The topological polar surface area (TPSA) is 46.2 Å². The predicted molar refractivity (Wildman–Crippen MR) is 68.1 cm³/mol. The molecule has 1 N–H and O–H groups in total. The van der Waals surface area contributed by atoms with Crippen molar-refractivity contribution in [1.82, 2.24) is 0 Å². The molecule has 3 rings (SSSR count). The third kappa shape index (κ3) is 1.43. The van der Waals surface area contributed by atoms with Crippen molar-refractivity contribution in [2.75, 3.05) is 11.9 Å². The third-order valence-electron chi connectivity index (χ3n) is 4.11. The Kier molecular flexibility index (Phi) is 2.27. The van der Waals surface area contributed by atoms with E-state index >= 15 is 0 Å². The second-order valence-corrected chi connectivity index (χ2v) is 7.56. The highest BCUT2D eigenvalue weighted by Crippen LogP contribution is 2.45. The van der Waals surface area contributed by atoms with Crippen molar-refractivity contribution in [2.24, 2.45) is 0 Å². The van der Waals surface area contributed by atoms with Crippen LogP contribution in [0.3, 0.4) is 0 Å². The summed E-state index contributed by atoms with van der Waals surface area (Å²) in [6.07, 6.45) is 3.66. The Morgan fingerprint density at radius 1 is 1.24 bits per heavy atom. The van der Waals surface area contributed by atoms with Gasteiger partial charge in [-0.1, -0.05) is 18.9 Å². The molecule has 0 saturated heterocycles. The van der Waals surface area contributed by atoms with Gasteiger partial charge in [0.1, 0.15) is 0 Å². The zero-order valence-corrected chi connectivity index (χ0v) is 10.8. The summed E-state index contributed by atoms with van der Waals surface area (Å²) in [6.45, 7) is 2.56. The molecular weight excluding hydrogens is 234 g/mol. The van der Waals surface area contributed by atoms with E-state index in [1.165, 1.54) is 0 Å². The Bertz CT molecular complexity index is 557. The summed E-state index contributed by atoms with van der Waals surface area (Å²) < 4.78 is 24.9. The normalized spacial score (nSPS) is 24.3.